The minimum atomic E-state index is -0.759. The van der Waals surface area contributed by atoms with E-state index in [4.69, 9.17) is 0 Å². The normalized spacial score (nSPS) is 20.1. The van der Waals surface area contributed by atoms with E-state index < -0.39 is 11.3 Å². The molecule has 3 amide bonds. The molecule has 2 atom stereocenters. The van der Waals surface area contributed by atoms with Crippen LogP contribution in [0, 0.1) is 0 Å². The van der Waals surface area contributed by atoms with Gasteiger partial charge in [-0.2, -0.15) is 12.6 Å². The van der Waals surface area contributed by atoms with Gasteiger partial charge < -0.3 is 5.32 Å². The number of nitrogens with one attached hydrogen (secondary N) is 1. The number of rotatable bonds is 4. The molecule has 6 heteroatoms. The molecule has 5 nitrogen and oxygen atoms in total. The monoisotopic (exact) mass is 292 g/mol. The van der Waals surface area contributed by atoms with Crippen molar-refractivity contribution in [3.63, 3.8) is 0 Å². The van der Waals surface area contributed by atoms with Crippen LogP contribution < -0.4 is 5.32 Å². The predicted octanol–water partition coefficient (Wildman–Crippen LogP) is 0.401. The fourth-order valence-corrected chi connectivity index (χ4v) is 2.35. The molecular formula is C14H16N2O3S. The minimum absolute atomic E-state index is 0.0207. The average molecular weight is 292 g/mol. The molecule has 2 unspecified atom stereocenters. The van der Waals surface area contributed by atoms with E-state index in [9.17, 15) is 14.4 Å². The summed E-state index contributed by atoms with van der Waals surface area (Å²) in [5.74, 6) is -0.985. The van der Waals surface area contributed by atoms with Gasteiger partial charge in [0, 0.05) is 7.05 Å². The van der Waals surface area contributed by atoms with Crippen LogP contribution in [0.1, 0.15) is 12.0 Å². The van der Waals surface area contributed by atoms with Crippen LogP contribution in [0.4, 0.5) is 0 Å². The van der Waals surface area contributed by atoms with Crippen LogP contribution in [0.5, 0.6) is 0 Å². The zero-order chi connectivity index (χ0) is 14.7. The molecule has 20 heavy (non-hydrogen) atoms. The van der Waals surface area contributed by atoms with Crippen LogP contribution in [0.3, 0.4) is 0 Å². The van der Waals surface area contributed by atoms with Gasteiger partial charge in [0.15, 0.2) is 0 Å². The third kappa shape index (κ3) is 3.19. The van der Waals surface area contributed by atoms with Gasteiger partial charge in [-0.25, -0.2) is 0 Å². The van der Waals surface area contributed by atoms with Crippen molar-refractivity contribution in [2.24, 2.45) is 0 Å². The largest absolute Gasteiger partial charge is 0.343 e. The van der Waals surface area contributed by atoms with E-state index in [1.54, 1.807) is 0 Å². The third-order valence-electron chi connectivity index (χ3n) is 3.27. The third-order valence-corrected chi connectivity index (χ3v) is 3.69. The Labute approximate surface area is 122 Å². The number of carbonyl (C=O) groups is 3. The number of hydrogen-bond acceptors (Lipinski definition) is 4. The lowest BCUT2D eigenvalue weighted by atomic mass is 10.1. The lowest BCUT2D eigenvalue weighted by Crippen LogP contribution is -2.44. The molecule has 0 aliphatic carbocycles. The van der Waals surface area contributed by atoms with Crippen molar-refractivity contribution < 1.29 is 14.4 Å². The zero-order valence-electron chi connectivity index (χ0n) is 11.1. The van der Waals surface area contributed by atoms with E-state index in [2.05, 4.69) is 17.9 Å². The fraction of sp³-hybridized carbons (Fsp3) is 0.357. The van der Waals surface area contributed by atoms with E-state index in [0.29, 0.717) is 6.42 Å². The van der Waals surface area contributed by atoms with Gasteiger partial charge in [-0.15, -0.1) is 0 Å². The highest BCUT2D eigenvalue weighted by molar-refractivity contribution is 7.81. The number of benzene rings is 1. The van der Waals surface area contributed by atoms with Gasteiger partial charge in [0.1, 0.15) is 6.04 Å². The summed E-state index contributed by atoms with van der Waals surface area (Å²) in [6.45, 7) is 0. The molecule has 0 saturated carbocycles. The summed E-state index contributed by atoms with van der Waals surface area (Å²) in [5, 5.41) is 2.03. The van der Waals surface area contributed by atoms with Crippen molar-refractivity contribution in [1.29, 1.82) is 0 Å². The van der Waals surface area contributed by atoms with Gasteiger partial charge in [-0.05, 0) is 12.0 Å². The standard InChI is InChI=1S/C14H16N2O3S/c1-16-12(17)8-10(14(16)19)15-13(18)11(20)7-9-5-3-2-4-6-9/h2-6,10-11,20H,7-8H2,1H3,(H,15,18). The Morgan fingerprint density at radius 1 is 1.40 bits per heavy atom. The van der Waals surface area contributed by atoms with Crippen LogP contribution in [-0.2, 0) is 20.8 Å². The molecule has 0 aromatic heterocycles. The number of thiol groups is 1. The Morgan fingerprint density at radius 3 is 2.60 bits per heavy atom. The van der Waals surface area contributed by atoms with Crippen LogP contribution >= 0.6 is 12.6 Å². The molecule has 1 aliphatic heterocycles. The number of likely N-dealkylation sites (tertiary alicyclic amines) is 1. The topological polar surface area (TPSA) is 66.5 Å². The van der Waals surface area contributed by atoms with Gasteiger partial charge in [-0.1, -0.05) is 30.3 Å². The number of likely N-dealkylation sites (N-methyl/N-ethyl adjacent to an activating group) is 1. The Kier molecular flexibility index (Phi) is 4.44. The number of carbonyl (C=O) groups excluding carboxylic acids is 3. The molecule has 0 bridgehead atoms. The summed E-state index contributed by atoms with van der Waals surface area (Å²) >= 11 is 4.26. The van der Waals surface area contributed by atoms with Gasteiger partial charge in [-0.3, -0.25) is 19.3 Å². The van der Waals surface area contributed by atoms with Gasteiger partial charge >= 0.3 is 0 Å². The van der Waals surface area contributed by atoms with Crippen LogP contribution in [-0.4, -0.2) is 41.0 Å². The maximum Gasteiger partial charge on any atom is 0.252 e. The smallest absolute Gasteiger partial charge is 0.252 e. The Balaban J connectivity index is 1.92. The van der Waals surface area contributed by atoms with E-state index in [0.717, 1.165) is 10.5 Å². The molecule has 106 valence electrons. The molecule has 1 aromatic rings. The maximum atomic E-state index is 12.0. The molecular weight excluding hydrogens is 276 g/mol. The summed E-state index contributed by atoms with van der Waals surface area (Å²) in [4.78, 5) is 36.1. The molecule has 0 radical (unpaired) electrons. The van der Waals surface area contributed by atoms with Gasteiger partial charge in [0.05, 0.1) is 11.7 Å². The second kappa shape index (κ2) is 6.09. The first kappa shape index (κ1) is 14.6. The van der Waals surface area contributed by atoms with E-state index >= 15 is 0 Å². The Bertz CT molecular complexity index is 532. The predicted molar refractivity (Wildman–Crippen MR) is 77.2 cm³/mol. The minimum Gasteiger partial charge on any atom is -0.343 e. The first-order valence-electron chi connectivity index (χ1n) is 6.32. The van der Waals surface area contributed by atoms with Crippen molar-refractivity contribution >= 4 is 30.4 Å². The van der Waals surface area contributed by atoms with Gasteiger partial charge in [0.25, 0.3) is 5.91 Å². The van der Waals surface area contributed by atoms with E-state index in [1.165, 1.54) is 7.05 Å². The van der Waals surface area contributed by atoms with Crippen molar-refractivity contribution in [3.8, 4) is 0 Å². The molecule has 1 fully saturated rings. The van der Waals surface area contributed by atoms with E-state index in [-0.39, 0.29) is 24.1 Å². The highest BCUT2D eigenvalue weighted by atomic mass is 32.1. The molecule has 1 aliphatic rings. The van der Waals surface area contributed by atoms with Crippen LogP contribution in [0.15, 0.2) is 30.3 Å². The molecule has 2 rings (SSSR count). The first-order chi connectivity index (χ1) is 9.49. The first-order valence-corrected chi connectivity index (χ1v) is 6.83. The maximum absolute atomic E-state index is 12.0. The fourth-order valence-electron chi connectivity index (χ4n) is 2.07. The Hall–Kier alpha value is -1.82. The quantitative estimate of drug-likeness (QED) is 0.623. The molecule has 1 saturated heterocycles. The van der Waals surface area contributed by atoms with Crippen molar-refractivity contribution in [3.05, 3.63) is 35.9 Å². The van der Waals surface area contributed by atoms with Crippen molar-refractivity contribution in [2.45, 2.75) is 24.1 Å². The highest BCUT2D eigenvalue weighted by Crippen LogP contribution is 2.13. The summed E-state index contributed by atoms with van der Waals surface area (Å²) < 4.78 is 0. The summed E-state index contributed by atoms with van der Waals surface area (Å²) in [6, 6.07) is 8.74. The average Bonchev–Trinajstić information content (AvgIpc) is 2.67. The van der Waals surface area contributed by atoms with Crippen molar-refractivity contribution in [1.82, 2.24) is 10.2 Å². The lowest BCUT2D eigenvalue weighted by molar-refractivity contribution is -0.138. The number of amides is 3. The Morgan fingerprint density at radius 2 is 2.05 bits per heavy atom. The second-order valence-electron chi connectivity index (χ2n) is 4.76. The number of imide groups is 1. The van der Waals surface area contributed by atoms with Crippen LogP contribution in [0.25, 0.3) is 0 Å². The summed E-state index contributed by atoms with van der Waals surface area (Å²) in [7, 11) is 1.42. The number of hydrogen-bond donors (Lipinski definition) is 2. The lowest BCUT2D eigenvalue weighted by Gasteiger charge is -2.15. The summed E-state index contributed by atoms with van der Waals surface area (Å²) in [6.07, 6.45) is 0.493. The number of nitrogens with zero attached hydrogens (tertiary/aromatic N) is 1. The zero-order valence-corrected chi connectivity index (χ0v) is 12.0. The van der Waals surface area contributed by atoms with E-state index in [1.807, 2.05) is 30.3 Å². The second-order valence-corrected chi connectivity index (χ2v) is 5.39. The van der Waals surface area contributed by atoms with Crippen molar-refractivity contribution in [2.75, 3.05) is 7.05 Å². The summed E-state index contributed by atoms with van der Waals surface area (Å²) in [5.41, 5.74) is 0.994. The molecule has 1 aromatic carbocycles. The molecule has 0 spiro atoms. The molecule has 1 heterocycles. The SMILES string of the molecule is CN1C(=O)CC(NC(=O)C(S)Cc2ccccc2)C1=O. The van der Waals surface area contributed by atoms with Gasteiger partial charge in [0.2, 0.25) is 11.8 Å². The van der Waals surface area contributed by atoms with Crippen LogP contribution in [0.2, 0.25) is 0 Å². The molecule has 1 N–H and O–H groups in total. The highest BCUT2D eigenvalue weighted by Gasteiger charge is 2.37.